The van der Waals surface area contributed by atoms with E-state index in [0.29, 0.717) is 13.1 Å². The summed E-state index contributed by atoms with van der Waals surface area (Å²) in [7, 11) is 0. The van der Waals surface area contributed by atoms with Gasteiger partial charge in [0, 0.05) is 26.2 Å². The van der Waals surface area contributed by atoms with Crippen LogP contribution < -0.4 is 21.3 Å². The summed E-state index contributed by atoms with van der Waals surface area (Å²) in [6.07, 6.45) is 6.13. The van der Waals surface area contributed by atoms with Gasteiger partial charge in [0.1, 0.15) is 0 Å². The van der Waals surface area contributed by atoms with Gasteiger partial charge in [0.05, 0.1) is 0 Å². The van der Waals surface area contributed by atoms with Crippen molar-refractivity contribution in [3.05, 3.63) is 25.3 Å². The Hall–Kier alpha value is -2.64. The Morgan fingerprint density at radius 3 is 1.25 bits per heavy atom. The third-order valence-corrected chi connectivity index (χ3v) is 2.90. The van der Waals surface area contributed by atoms with E-state index in [-0.39, 0.29) is 13.1 Å². The van der Waals surface area contributed by atoms with Gasteiger partial charge < -0.3 is 21.3 Å². The van der Waals surface area contributed by atoms with Crippen molar-refractivity contribution in [2.24, 2.45) is 0 Å². The summed E-state index contributed by atoms with van der Waals surface area (Å²) in [5, 5.41) is 9.81. The van der Waals surface area contributed by atoms with Crippen LogP contribution >= 0.6 is 0 Å². The molecule has 0 saturated carbocycles. The fourth-order valence-corrected chi connectivity index (χ4v) is 1.66. The highest BCUT2D eigenvalue weighted by Gasteiger charge is 2.11. The number of rotatable bonds is 11. The number of carbonyl (C=O) groups is 4. The molecule has 134 valence electrons. The fourth-order valence-electron chi connectivity index (χ4n) is 1.66. The first-order valence-electron chi connectivity index (χ1n) is 7.86. The minimum Gasteiger partial charge on any atom is -0.348 e. The van der Waals surface area contributed by atoms with Crippen LogP contribution in [0.1, 0.15) is 25.7 Å². The van der Waals surface area contributed by atoms with Crippen LogP contribution in [-0.4, -0.2) is 49.8 Å². The first kappa shape index (κ1) is 21.4. The molecule has 0 saturated heterocycles. The third kappa shape index (κ3) is 11.0. The zero-order chi connectivity index (χ0) is 18.2. The van der Waals surface area contributed by atoms with Gasteiger partial charge in [0.15, 0.2) is 0 Å². The minimum atomic E-state index is -0.674. The maximum absolute atomic E-state index is 11.3. The largest absolute Gasteiger partial charge is 0.348 e. The lowest BCUT2D eigenvalue weighted by atomic mass is 10.2. The van der Waals surface area contributed by atoms with Gasteiger partial charge in [-0.1, -0.05) is 25.0 Å². The van der Waals surface area contributed by atoms with E-state index in [2.05, 4.69) is 34.4 Å². The summed E-state index contributed by atoms with van der Waals surface area (Å²) in [4.78, 5) is 45.2. The predicted octanol–water partition coefficient (Wildman–Crippen LogP) is -0.616. The molecular weight excluding hydrogens is 312 g/mol. The average Bonchev–Trinajstić information content (AvgIpc) is 2.59. The quantitative estimate of drug-likeness (QED) is 0.228. The van der Waals surface area contributed by atoms with Crippen LogP contribution in [0.3, 0.4) is 0 Å². The zero-order valence-electron chi connectivity index (χ0n) is 13.9. The number of hydrogen-bond donors (Lipinski definition) is 4. The van der Waals surface area contributed by atoms with Crippen LogP contribution in [0.15, 0.2) is 25.3 Å². The number of nitrogens with one attached hydrogen (secondary N) is 4. The second kappa shape index (κ2) is 14.0. The molecule has 0 aliphatic heterocycles. The summed E-state index contributed by atoms with van der Waals surface area (Å²) >= 11 is 0. The maximum Gasteiger partial charge on any atom is 0.309 e. The molecule has 8 nitrogen and oxygen atoms in total. The lowest BCUT2D eigenvalue weighted by molar-refractivity contribution is -0.139. The van der Waals surface area contributed by atoms with E-state index >= 15 is 0 Å². The van der Waals surface area contributed by atoms with Gasteiger partial charge in [-0.15, -0.1) is 13.2 Å². The number of hydrogen-bond acceptors (Lipinski definition) is 4. The second-order valence-electron chi connectivity index (χ2n) is 4.92. The molecule has 0 aromatic carbocycles. The number of amides is 4. The highest BCUT2D eigenvalue weighted by atomic mass is 16.2. The van der Waals surface area contributed by atoms with Crippen molar-refractivity contribution in [2.75, 3.05) is 26.2 Å². The first-order valence-corrected chi connectivity index (χ1v) is 7.86. The predicted molar refractivity (Wildman–Crippen MR) is 90.9 cm³/mol. The third-order valence-electron chi connectivity index (χ3n) is 2.90. The summed E-state index contributed by atoms with van der Waals surface area (Å²) in [6, 6.07) is 0. The molecule has 0 heterocycles. The Kier molecular flexibility index (Phi) is 12.4. The van der Waals surface area contributed by atoms with Gasteiger partial charge in [-0.25, -0.2) is 0 Å². The maximum atomic E-state index is 11.3. The van der Waals surface area contributed by atoms with Crippen molar-refractivity contribution in [2.45, 2.75) is 25.7 Å². The second-order valence-corrected chi connectivity index (χ2v) is 4.92. The van der Waals surface area contributed by atoms with E-state index in [9.17, 15) is 19.2 Å². The molecule has 24 heavy (non-hydrogen) atoms. The topological polar surface area (TPSA) is 116 Å². The molecule has 0 unspecified atom stereocenters. The SMILES string of the molecule is C=CCNC(=O)C(=O)NCCCCCCNC(=O)C(=O)NCC=C. The van der Waals surface area contributed by atoms with E-state index in [0.717, 1.165) is 25.7 Å². The van der Waals surface area contributed by atoms with Gasteiger partial charge in [-0.05, 0) is 12.8 Å². The summed E-state index contributed by atoms with van der Waals surface area (Å²) in [5.74, 6) is -2.66. The lowest BCUT2D eigenvalue weighted by Crippen LogP contribution is -2.40. The van der Waals surface area contributed by atoms with Crippen LogP contribution in [0.25, 0.3) is 0 Å². The molecule has 0 aromatic heterocycles. The smallest absolute Gasteiger partial charge is 0.309 e. The van der Waals surface area contributed by atoms with Gasteiger partial charge in [-0.2, -0.15) is 0 Å². The summed E-state index contributed by atoms with van der Waals surface area (Å²) < 4.78 is 0. The van der Waals surface area contributed by atoms with E-state index in [1.54, 1.807) is 0 Å². The van der Waals surface area contributed by atoms with Crippen molar-refractivity contribution in [3.8, 4) is 0 Å². The van der Waals surface area contributed by atoms with Crippen molar-refractivity contribution in [1.82, 2.24) is 21.3 Å². The Balaban J connectivity index is 3.54. The van der Waals surface area contributed by atoms with E-state index in [1.165, 1.54) is 12.2 Å². The van der Waals surface area contributed by atoms with Gasteiger partial charge in [-0.3, -0.25) is 19.2 Å². The fraction of sp³-hybridized carbons (Fsp3) is 0.500. The van der Waals surface area contributed by atoms with Gasteiger partial charge in [0.25, 0.3) is 0 Å². The van der Waals surface area contributed by atoms with Crippen LogP contribution in [0.4, 0.5) is 0 Å². The molecular formula is C16H26N4O4. The molecule has 0 spiro atoms. The highest BCUT2D eigenvalue weighted by molar-refractivity contribution is 6.35. The molecule has 8 heteroatoms. The number of carbonyl (C=O) groups excluding carboxylic acids is 4. The van der Waals surface area contributed by atoms with Crippen molar-refractivity contribution < 1.29 is 19.2 Å². The molecule has 0 fully saturated rings. The van der Waals surface area contributed by atoms with Crippen molar-refractivity contribution >= 4 is 23.6 Å². The monoisotopic (exact) mass is 338 g/mol. The Labute approximate surface area is 142 Å². The highest BCUT2D eigenvalue weighted by Crippen LogP contribution is 1.97. The van der Waals surface area contributed by atoms with Crippen molar-refractivity contribution in [1.29, 1.82) is 0 Å². The van der Waals surface area contributed by atoms with Gasteiger partial charge >= 0.3 is 23.6 Å². The van der Waals surface area contributed by atoms with Crippen LogP contribution in [0, 0.1) is 0 Å². The van der Waals surface area contributed by atoms with Crippen LogP contribution in [0.2, 0.25) is 0 Å². The van der Waals surface area contributed by atoms with E-state index in [4.69, 9.17) is 0 Å². The molecule has 0 rings (SSSR count). The van der Waals surface area contributed by atoms with E-state index < -0.39 is 23.6 Å². The standard InChI is InChI=1S/C16H26N4O4/c1-3-9-17-13(21)15(23)19-11-7-5-6-8-12-20-16(24)14(22)18-10-4-2/h3-4H,1-2,5-12H2,(H,17,21)(H,18,22)(H,19,23)(H,20,24). The van der Waals surface area contributed by atoms with Crippen LogP contribution in [-0.2, 0) is 19.2 Å². The molecule has 0 aromatic rings. The molecule has 0 atom stereocenters. The normalized spacial score (nSPS) is 9.50. The Bertz CT molecular complexity index is 421. The minimum absolute atomic E-state index is 0.254. The molecule has 0 radical (unpaired) electrons. The number of unbranched alkanes of at least 4 members (excludes halogenated alkanes) is 3. The first-order chi connectivity index (χ1) is 11.5. The van der Waals surface area contributed by atoms with Gasteiger partial charge in [0.2, 0.25) is 0 Å². The Morgan fingerprint density at radius 2 is 0.917 bits per heavy atom. The summed E-state index contributed by atoms with van der Waals surface area (Å²) in [5.41, 5.74) is 0. The lowest BCUT2D eigenvalue weighted by Gasteiger charge is -2.06. The molecule has 4 amide bonds. The average molecular weight is 338 g/mol. The van der Waals surface area contributed by atoms with E-state index in [1.807, 2.05) is 0 Å². The Morgan fingerprint density at radius 1 is 0.583 bits per heavy atom. The molecule has 0 aliphatic rings. The zero-order valence-corrected chi connectivity index (χ0v) is 13.9. The summed E-state index contributed by atoms with van der Waals surface area (Å²) in [6.45, 7) is 8.21. The molecule has 4 N–H and O–H groups in total. The van der Waals surface area contributed by atoms with Crippen LogP contribution in [0.5, 0.6) is 0 Å². The molecule has 0 aliphatic carbocycles. The van der Waals surface area contributed by atoms with Crippen molar-refractivity contribution in [3.63, 3.8) is 0 Å². The molecule has 0 bridgehead atoms.